The van der Waals surface area contributed by atoms with E-state index in [2.05, 4.69) is 4.98 Å². The molecule has 0 radical (unpaired) electrons. The molecule has 0 saturated carbocycles. The van der Waals surface area contributed by atoms with Crippen LogP contribution in [-0.2, 0) is 16.0 Å². The Labute approximate surface area is 115 Å². The monoisotopic (exact) mass is 283 g/mol. The molecule has 1 aromatic heterocycles. The Morgan fingerprint density at radius 1 is 1.58 bits per heavy atom. The van der Waals surface area contributed by atoms with E-state index in [1.807, 2.05) is 0 Å². The number of carboxylic acid groups (broad SMARTS) is 1. The van der Waals surface area contributed by atoms with Crippen molar-refractivity contribution in [1.29, 1.82) is 0 Å². The number of aliphatic carboxylic acids is 1. The predicted octanol–water partition coefficient (Wildman–Crippen LogP) is 0.981. The molecule has 0 bridgehead atoms. The molecule has 6 nitrogen and oxygen atoms in total. The molecule has 1 amide bonds. The first-order chi connectivity index (χ1) is 9.04. The van der Waals surface area contributed by atoms with Crippen LogP contribution < -0.4 is 5.73 Å². The highest BCUT2D eigenvalue weighted by atomic mass is 32.1. The van der Waals surface area contributed by atoms with Crippen molar-refractivity contribution in [3.63, 3.8) is 0 Å². The number of carbonyl (C=O) groups excluding carboxylic acids is 1. The lowest BCUT2D eigenvalue weighted by Gasteiger charge is -2.32. The van der Waals surface area contributed by atoms with Gasteiger partial charge in [-0.2, -0.15) is 0 Å². The van der Waals surface area contributed by atoms with Crippen LogP contribution in [0.3, 0.4) is 0 Å². The van der Waals surface area contributed by atoms with Crippen LogP contribution in [0.1, 0.15) is 25.0 Å². The second kappa shape index (κ2) is 6.01. The minimum Gasteiger partial charge on any atom is -0.481 e. The average Bonchev–Trinajstić information content (AvgIpc) is 2.74. The number of carboxylic acids is 1. The molecular weight excluding hydrogens is 266 g/mol. The molecule has 19 heavy (non-hydrogen) atoms. The number of hydrogen-bond donors (Lipinski definition) is 2. The summed E-state index contributed by atoms with van der Waals surface area (Å²) in [7, 11) is 0. The number of nitrogen functional groups attached to an aromatic ring is 1. The van der Waals surface area contributed by atoms with Crippen LogP contribution in [0.4, 0.5) is 5.13 Å². The van der Waals surface area contributed by atoms with E-state index in [9.17, 15) is 9.59 Å². The van der Waals surface area contributed by atoms with Gasteiger partial charge in [-0.15, -0.1) is 11.3 Å². The van der Waals surface area contributed by atoms with Crippen molar-refractivity contribution in [1.82, 2.24) is 9.88 Å². The Hall–Kier alpha value is -1.63. The van der Waals surface area contributed by atoms with E-state index in [1.165, 1.54) is 11.3 Å². The number of amides is 1. The minimum atomic E-state index is -0.799. The van der Waals surface area contributed by atoms with Crippen molar-refractivity contribution < 1.29 is 14.7 Å². The Morgan fingerprint density at radius 2 is 2.37 bits per heavy atom. The van der Waals surface area contributed by atoms with E-state index in [0.29, 0.717) is 23.9 Å². The first-order valence-electron chi connectivity index (χ1n) is 6.24. The number of nitrogens with two attached hydrogens (primary N) is 1. The van der Waals surface area contributed by atoms with Gasteiger partial charge in [0.15, 0.2) is 5.13 Å². The largest absolute Gasteiger partial charge is 0.481 e. The van der Waals surface area contributed by atoms with Crippen LogP contribution in [0.15, 0.2) is 5.38 Å². The maximum absolute atomic E-state index is 12.1. The number of anilines is 1. The van der Waals surface area contributed by atoms with Crippen molar-refractivity contribution in [2.75, 3.05) is 18.8 Å². The summed E-state index contributed by atoms with van der Waals surface area (Å²) in [6, 6.07) is 0. The Kier molecular flexibility index (Phi) is 4.36. The van der Waals surface area contributed by atoms with Gasteiger partial charge in [-0.25, -0.2) is 4.98 Å². The number of likely N-dealkylation sites (tertiary alicyclic amines) is 1. The van der Waals surface area contributed by atoms with Crippen LogP contribution in [-0.4, -0.2) is 40.0 Å². The normalized spacial score (nSPS) is 19.4. The zero-order chi connectivity index (χ0) is 13.8. The lowest BCUT2D eigenvalue weighted by Crippen LogP contribution is -2.41. The Bertz CT molecular complexity index is 475. The average molecular weight is 283 g/mol. The molecule has 7 heteroatoms. The number of nitrogens with zero attached hydrogens (tertiary/aromatic N) is 2. The third kappa shape index (κ3) is 3.92. The molecule has 104 valence electrons. The topological polar surface area (TPSA) is 96.5 Å². The summed E-state index contributed by atoms with van der Waals surface area (Å²) in [5, 5.41) is 11.0. The highest BCUT2D eigenvalue weighted by Crippen LogP contribution is 2.21. The second-order valence-electron chi connectivity index (χ2n) is 4.80. The van der Waals surface area contributed by atoms with Gasteiger partial charge in [0.25, 0.3) is 0 Å². The van der Waals surface area contributed by atoms with E-state index in [0.717, 1.165) is 12.8 Å². The van der Waals surface area contributed by atoms with Crippen molar-refractivity contribution >= 4 is 28.3 Å². The van der Waals surface area contributed by atoms with Crippen LogP contribution in [0.2, 0.25) is 0 Å². The molecule has 1 aliphatic rings. The van der Waals surface area contributed by atoms with E-state index in [4.69, 9.17) is 10.8 Å². The van der Waals surface area contributed by atoms with Crippen molar-refractivity contribution in [2.24, 2.45) is 5.92 Å². The minimum absolute atomic E-state index is 0.000360. The molecular formula is C12H17N3O3S. The van der Waals surface area contributed by atoms with Gasteiger partial charge in [0.2, 0.25) is 5.91 Å². The Balaban J connectivity index is 1.89. The number of aromatic nitrogens is 1. The number of hydrogen-bond acceptors (Lipinski definition) is 5. The molecule has 1 unspecified atom stereocenters. The van der Waals surface area contributed by atoms with E-state index < -0.39 is 5.97 Å². The maximum atomic E-state index is 12.1. The van der Waals surface area contributed by atoms with Gasteiger partial charge in [-0.3, -0.25) is 9.59 Å². The maximum Gasteiger partial charge on any atom is 0.303 e. The van der Waals surface area contributed by atoms with Crippen molar-refractivity contribution in [2.45, 2.75) is 25.7 Å². The predicted molar refractivity (Wildman–Crippen MR) is 71.8 cm³/mol. The number of rotatable bonds is 4. The van der Waals surface area contributed by atoms with Crippen LogP contribution >= 0.6 is 11.3 Å². The summed E-state index contributed by atoms with van der Waals surface area (Å²) >= 11 is 1.32. The van der Waals surface area contributed by atoms with Crippen LogP contribution in [0, 0.1) is 5.92 Å². The Morgan fingerprint density at radius 3 is 3.00 bits per heavy atom. The first-order valence-corrected chi connectivity index (χ1v) is 7.12. The fourth-order valence-electron chi connectivity index (χ4n) is 2.38. The van der Waals surface area contributed by atoms with E-state index >= 15 is 0 Å². The summed E-state index contributed by atoms with van der Waals surface area (Å²) in [6.45, 7) is 1.24. The van der Waals surface area contributed by atoms with Gasteiger partial charge in [0.05, 0.1) is 12.1 Å². The highest BCUT2D eigenvalue weighted by molar-refractivity contribution is 7.13. The van der Waals surface area contributed by atoms with Gasteiger partial charge in [0, 0.05) is 24.9 Å². The summed E-state index contributed by atoms with van der Waals surface area (Å²) in [5.41, 5.74) is 6.21. The molecule has 2 heterocycles. The van der Waals surface area contributed by atoms with Gasteiger partial charge >= 0.3 is 5.97 Å². The summed E-state index contributed by atoms with van der Waals surface area (Å²) in [4.78, 5) is 28.6. The molecule has 0 aliphatic carbocycles. The highest BCUT2D eigenvalue weighted by Gasteiger charge is 2.25. The smallest absolute Gasteiger partial charge is 0.303 e. The lowest BCUT2D eigenvalue weighted by molar-refractivity contribution is -0.140. The zero-order valence-corrected chi connectivity index (χ0v) is 11.4. The molecule has 3 N–H and O–H groups in total. The summed E-state index contributed by atoms with van der Waals surface area (Å²) in [5.74, 6) is -0.734. The quantitative estimate of drug-likeness (QED) is 0.858. The summed E-state index contributed by atoms with van der Waals surface area (Å²) in [6.07, 6.45) is 2.11. The molecule has 0 aromatic carbocycles. The van der Waals surface area contributed by atoms with E-state index in [1.54, 1.807) is 10.3 Å². The third-order valence-electron chi connectivity index (χ3n) is 3.24. The molecule has 1 aromatic rings. The zero-order valence-electron chi connectivity index (χ0n) is 10.5. The third-order valence-corrected chi connectivity index (χ3v) is 3.96. The molecule has 1 saturated heterocycles. The van der Waals surface area contributed by atoms with Crippen LogP contribution in [0.5, 0.6) is 0 Å². The molecule has 1 fully saturated rings. The van der Waals surface area contributed by atoms with Gasteiger partial charge in [-0.1, -0.05) is 0 Å². The first kappa shape index (κ1) is 13.8. The van der Waals surface area contributed by atoms with E-state index in [-0.39, 0.29) is 24.7 Å². The summed E-state index contributed by atoms with van der Waals surface area (Å²) < 4.78 is 0. The van der Waals surface area contributed by atoms with Gasteiger partial charge < -0.3 is 15.7 Å². The molecule has 1 aliphatic heterocycles. The number of piperidine rings is 1. The van der Waals surface area contributed by atoms with Gasteiger partial charge in [-0.05, 0) is 18.8 Å². The molecule has 1 atom stereocenters. The van der Waals surface area contributed by atoms with Crippen LogP contribution in [0.25, 0.3) is 0 Å². The lowest BCUT2D eigenvalue weighted by atomic mass is 9.94. The SMILES string of the molecule is Nc1nc(CC(=O)N2CCCC(CC(=O)O)C2)cs1. The van der Waals surface area contributed by atoms with Crippen molar-refractivity contribution in [3.05, 3.63) is 11.1 Å². The standard InChI is InChI=1S/C12H17N3O3S/c13-12-14-9(7-19-12)5-10(16)15-3-1-2-8(6-15)4-11(17)18/h7-8H,1-6H2,(H2,13,14)(H,17,18). The fraction of sp³-hybridized carbons (Fsp3) is 0.583. The van der Waals surface area contributed by atoms with Gasteiger partial charge in [0.1, 0.15) is 0 Å². The van der Waals surface area contributed by atoms with Crippen molar-refractivity contribution in [3.8, 4) is 0 Å². The number of carbonyl (C=O) groups is 2. The molecule has 2 rings (SSSR count). The fourth-order valence-corrected chi connectivity index (χ4v) is 2.94. The number of thiazole rings is 1. The second-order valence-corrected chi connectivity index (χ2v) is 5.69. The molecule has 0 spiro atoms.